The maximum Gasteiger partial charge on any atom is 0.165 e. The monoisotopic (exact) mass is 415 g/mol. The summed E-state index contributed by atoms with van der Waals surface area (Å²) in [5.74, 6) is 3.38. The van der Waals surface area contributed by atoms with E-state index in [2.05, 4.69) is 21.7 Å². The first kappa shape index (κ1) is 19.3. The number of aromatic nitrogens is 3. The Morgan fingerprint density at radius 2 is 2.04 bits per heavy atom. The molecule has 0 aliphatic carbocycles. The summed E-state index contributed by atoms with van der Waals surface area (Å²) in [5, 5.41) is 19.2. The lowest BCUT2D eigenvalue weighted by molar-refractivity contribution is 0.254. The number of rotatable bonds is 4. The quantitative estimate of drug-likeness (QED) is 0.687. The number of ether oxygens (including phenoxy) is 1. The summed E-state index contributed by atoms with van der Waals surface area (Å²) < 4.78 is 7.22. The number of hydrogen-bond acceptors (Lipinski definition) is 5. The van der Waals surface area contributed by atoms with E-state index >= 15 is 0 Å². The molecule has 0 amide bonds. The van der Waals surface area contributed by atoms with Gasteiger partial charge >= 0.3 is 0 Å². The normalized spacial score (nSPS) is 19.1. The lowest BCUT2D eigenvalue weighted by atomic mass is 10.0. The van der Waals surface area contributed by atoms with Crippen LogP contribution in [0.5, 0.6) is 5.75 Å². The van der Waals surface area contributed by atoms with Crippen LogP contribution in [0.2, 0.25) is 5.02 Å². The standard InChI is InChI=1S/C21H22ClN3O2S/c1-21(13-26)12-19-23-24-20(25(19)8-9-28-21)17-7-6-15(11-18(17)22)14-4-3-5-16(10-14)27-2/h3-7,10-11,26H,8-9,12-13H2,1-2H3. The Morgan fingerprint density at radius 1 is 1.21 bits per heavy atom. The second-order valence-corrected chi connectivity index (χ2v) is 9.24. The van der Waals surface area contributed by atoms with Crippen molar-refractivity contribution in [1.29, 1.82) is 0 Å². The van der Waals surface area contributed by atoms with E-state index in [9.17, 15) is 5.11 Å². The summed E-state index contributed by atoms with van der Waals surface area (Å²) in [6, 6.07) is 13.9. The minimum atomic E-state index is -0.224. The third kappa shape index (κ3) is 3.64. The van der Waals surface area contributed by atoms with Gasteiger partial charge in [-0.05, 0) is 42.3 Å². The zero-order chi connectivity index (χ0) is 19.7. The van der Waals surface area contributed by atoms with Crippen LogP contribution in [0.4, 0.5) is 0 Å². The van der Waals surface area contributed by atoms with Gasteiger partial charge < -0.3 is 14.4 Å². The summed E-state index contributed by atoms with van der Waals surface area (Å²) in [6.45, 7) is 2.99. The van der Waals surface area contributed by atoms with Gasteiger partial charge in [-0.15, -0.1) is 10.2 Å². The van der Waals surface area contributed by atoms with Crippen molar-refractivity contribution >= 4 is 23.4 Å². The molecule has 0 saturated carbocycles. The van der Waals surface area contributed by atoms with Crippen molar-refractivity contribution in [2.75, 3.05) is 19.5 Å². The molecule has 7 heteroatoms. The van der Waals surface area contributed by atoms with E-state index in [0.717, 1.165) is 46.4 Å². The summed E-state index contributed by atoms with van der Waals surface area (Å²) in [4.78, 5) is 0. The van der Waals surface area contributed by atoms with E-state index in [0.29, 0.717) is 11.4 Å². The molecule has 3 aromatic rings. The molecule has 1 N–H and O–H groups in total. The smallest absolute Gasteiger partial charge is 0.165 e. The molecule has 5 nitrogen and oxygen atoms in total. The van der Waals surface area contributed by atoms with E-state index in [1.54, 1.807) is 18.9 Å². The van der Waals surface area contributed by atoms with Crippen LogP contribution >= 0.6 is 23.4 Å². The largest absolute Gasteiger partial charge is 0.497 e. The van der Waals surface area contributed by atoms with Crippen molar-refractivity contribution in [3.63, 3.8) is 0 Å². The van der Waals surface area contributed by atoms with Crippen LogP contribution in [0.3, 0.4) is 0 Å². The number of methoxy groups -OCH3 is 1. The molecular weight excluding hydrogens is 394 g/mol. The SMILES string of the molecule is COc1cccc(-c2ccc(-c3nnc4n3CCSC(C)(CO)C4)c(Cl)c2)c1. The van der Waals surface area contributed by atoms with E-state index in [1.807, 2.05) is 42.5 Å². The van der Waals surface area contributed by atoms with Gasteiger partial charge in [-0.1, -0.05) is 29.8 Å². The zero-order valence-electron chi connectivity index (χ0n) is 15.9. The Bertz CT molecular complexity index is 1010. The molecule has 0 bridgehead atoms. The molecule has 2 heterocycles. The highest BCUT2D eigenvalue weighted by molar-refractivity contribution is 8.00. The van der Waals surface area contributed by atoms with Gasteiger partial charge in [-0.3, -0.25) is 0 Å². The maximum atomic E-state index is 9.74. The Hall–Kier alpha value is -2.02. The highest BCUT2D eigenvalue weighted by Gasteiger charge is 2.31. The van der Waals surface area contributed by atoms with E-state index in [1.165, 1.54) is 0 Å². The van der Waals surface area contributed by atoms with Crippen molar-refractivity contribution in [3.8, 4) is 28.3 Å². The average molecular weight is 416 g/mol. The van der Waals surface area contributed by atoms with Crippen LogP contribution < -0.4 is 4.74 Å². The topological polar surface area (TPSA) is 60.2 Å². The first-order valence-corrected chi connectivity index (χ1v) is 10.5. The first-order valence-electron chi connectivity index (χ1n) is 9.14. The molecule has 1 aromatic heterocycles. The van der Waals surface area contributed by atoms with Crippen molar-refractivity contribution in [1.82, 2.24) is 14.8 Å². The summed E-state index contributed by atoms with van der Waals surface area (Å²) in [5.41, 5.74) is 2.93. The van der Waals surface area contributed by atoms with Crippen LogP contribution in [-0.4, -0.2) is 44.1 Å². The lowest BCUT2D eigenvalue weighted by Crippen LogP contribution is -2.28. The molecule has 0 fully saturated rings. The Morgan fingerprint density at radius 3 is 2.79 bits per heavy atom. The zero-order valence-corrected chi connectivity index (χ0v) is 17.4. The maximum absolute atomic E-state index is 9.74. The molecule has 1 aliphatic rings. The molecular formula is C21H22ClN3O2S. The number of nitrogens with zero attached hydrogens (tertiary/aromatic N) is 3. The Kier molecular flexibility index (Phi) is 5.36. The second kappa shape index (κ2) is 7.78. The van der Waals surface area contributed by atoms with Crippen LogP contribution in [0, 0.1) is 0 Å². The highest BCUT2D eigenvalue weighted by atomic mass is 35.5. The molecule has 4 rings (SSSR count). The van der Waals surface area contributed by atoms with Crippen molar-refractivity contribution in [2.24, 2.45) is 0 Å². The number of hydrogen-bond donors (Lipinski definition) is 1. The predicted molar refractivity (Wildman–Crippen MR) is 114 cm³/mol. The predicted octanol–water partition coefficient (Wildman–Crippen LogP) is 4.31. The van der Waals surface area contributed by atoms with Gasteiger partial charge in [0.05, 0.1) is 18.7 Å². The minimum absolute atomic E-state index is 0.121. The molecule has 2 aromatic carbocycles. The van der Waals surface area contributed by atoms with Crippen LogP contribution in [-0.2, 0) is 13.0 Å². The molecule has 28 heavy (non-hydrogen) atoms. The average Bonchev–Trinajstić information content (AvgIpc) is 3.01. The van der Waals surface area contributed by atoms with Gasteiger partial charge in [0, 0.05) is 29.0 Å². The molecule has 0 radical (unpaired) electrons. The van der Waals surface area contributed by atoms with Gasteiger partial charge in [-0.2, -0.15) is 11.8 Å². The van der Waals surface area contributed by atoms with E-state index in [4.69, 9.17) is 16.3 Å². The minimum Gasteiger partial charge on any atom is -0.497 e. The van der Waals surface area contributed by atoms with Gasteiger partial charge in [0.2, 0.25) is 0 Å². The fraction of sp³-hybridized carbons (Fsp3) is 0.333. The number of thioether (sulfide) groups is 1. The second-order valence-electron chi connectivity index (χ2n) is 7.15. The Labute approximate surface area is 173 Å². The number of halogens is 1. The van der Waals surface area contributed by atoms with Gasteiger partial charge in [-0.25, -0.2) is 0 Å². The van der Waals surface area contributed by atoms with Crippen LogP contribution in [0.15, 0.2) is 42.5 Å². The molecule has 1 atom stereocenters. The molecule has 1 aliphatic heterocycles. The third-order valence-corrected chi connectivity index (χ3v) is 6.74. The number of aliphatic hydroxyl groups excluding tert-OH is 1. The fourth-order valence-corrected chi connectivity index (χ4v) is 4.80. The lowest BCUT2D eigenvalue weighted by Gasteiger charge is -2.23. The first-order chi connectivity index (χ1) is 13.5. The fourth-order valence-electron chi connectivity index (χ4n) is 3.45. The number of aliphatic hydroxyl groups is 1. The third-order valence-electron chi connectivity index (χ3n) is 5.07. The number of fused-ring (bicyclic) bond motifs is 1. The molecule has 1 unspecified atom stereocenters. The number of benzene rings is 2. The van der Waals surface area contributed by atoms with Gasteiger partial charge in [0.1, 0.15) is 11.6 Å². The van der Waals surface area contributed by atoms with Crippen LogP contribution in [0.25, 0.3) is 22.5 Å². The molecule has 146 valence electrons. The molecule has 0 saturated heterocycles. The van der Waals surface area contributed by atoms with Crippen molar-refractivity contribution in [3.05, 3.63) is 53.3 Å². The van der Waals surface area contributed by atoms with E-state index < -0.39 is 0 Å². The van der Waals surface area contributed by atoms with Gasteiger partial charge in [0.25, 0.3) is 0 Å². The van der Waals surface area contributed by atoms with E-state index in [-0.39, 0.29) is 11.4 Å². The highest BCUT2D eigenvalue weighted by Crippen LogP contribution is 2.36. The van der Waals surface area contributed by atoms with Gasteiger partial charge in [0.15, 0.2) is 5.82 Å². The van der Waals surface area contributed by atoms with Crippen molar-refractivity contribution in [2.45, 2.75) is 24.6 Å². The van der Waals surface area contributed by atoms with Crippen LogP contribution in [0.1, 0.15) is 12.7 Å². The molecule has 0 spiro atoms. The summed E-state index contributed by atoms with van der Waals surface area (Å²) in [7, 11) is 1.66. The van der Waals surface area contributed by atoms with Crippen molar-refractivity contribution < 1.29 is 9.84 Å². The summed E-state index contributed by atoms with van der Waals surface area (Å²) in [6.07, 6.45) is 0.681. The Balaban J connectivity index is 1.70. The summed E-state index contributed by atoms with van der Waals surface area (Å²) >= 11 is 8.43.